The van der Waals surface area contributed by atoms with Crippen LogP contribution in [0.1, 0.15) is 51.1 Å². The average Bonchev–Trinajstić information content (AvgIpc) is 2.62. The van der Waals surface area contributed by atoms with Gasteiger partial charge in [-0.15, -0.1) is 0 Å². The van der Waals surface area contributed by atoms with Gasteiger partial charge in [0, 0.05) is 25.1 Å². The van der Waals surface area contributed by atoms with E-state index < -0.39 is 0 Å². The average molecular weight is 348 g/mol. The van der Waals surface area contributed by atoms with Crippen molar-refractivity contribution >= 4 is 11.8 Å². The zero-order valence-corrected chi connectivity index (χ0v) is 15.2. The van der Waals surface area contributed by atoms with Gasteiger partial charge in [-0.3, -0.25) is 9.59 Å². The number of phenolic OH excluding ortho intramolecular Hbond substituents is 1. The molecule has 1 heterocycles. The highest BCUT2D eigenvalue weighted by molar-refractivity contribution is 5.81. The van der Waals surface area contributed by atoms with Crippen LogP contribution < -0.4 is 10.1 Å². The van der Waals surface area contributed by atoms with Crippen molar-refractivity contribution in [2.75, 3.05) is 20.2 Å². The second-order valence-electron chi connectivity index (χ2n) is 6.58. The van der Waals surface area contributed by atoms with E-state index in [0.717, 1.165) is 25.8 Å². The highest BCUT2D eigenvalue weighted by Crippen LogP contribution is 2.29. The third kappa shape index (κ3) is 4.87. The summed E-state index contributed by atoms with van der Waals surface area (Å²) in [6.45, 7) is 5.01. The van der Waals surface area contributed by atoms with Crippen LogP contribution in [-0.4, -0.2) is 42.0 Å². The maximum absolute atomic E-state index is 12.6. The van der Waals surface area contributed by atoms with Gasteiger partial charge in [0.2, 0.25) is 11.8 Å². The van der Waals surface area contributed by atoms with Crippen LogP contribution in [0.25, 0.3) is 0 Å². The number of nitrogens with one attached hydrogen (secondary N) is 1. The van der Waals surface area contributed by atoms with Crippen molar-refractivity contribution in [3.63, 3.8) is 0 Å². The van der Waals surface area contributed by atoms with Crippen LogP contribution >= 0.6 is 0 Å². The highest BCUT2D eigenvalue weighted by atomic mass is 16.5. The first-order chi connectivity index (χ1) is 12.0. The zero-order valence-electron chi connectivity index (χ0n) is 15.2. The molecule has 2 N–H and O–H groups in total. The summed E-state index contributed by atoms with van der Waals surface area (Å²) in [6, 6.07) is 4.61. The van der Waals surface area contributed by atoms with Crippen molar-refractivity contribution in [3.05, 3.63) is 23.8 Å². The third-order valence-electron chi connectivity index (χ3n) is 4.67. The van der Waals surface area contributed by atoms with Crippen LogP contribution in [0.5, 0.6) is 11.5 Å². The monoisotopic (exact) mass is 348 g/mol. The number of methoxy groups -OCH3 is 1. The minimum Gasteiger partial charge on any atom is -0.508 e. The minimum atomic E-state index is -0.343. The largest absolute Gasteiger partial charge is 0.508 e. The number of benzene rings is 1. The molecule has 138 valence electrons. The van der Waals surface area contributed by atoms with Crippen LogP contribution in [0.3, 0.4) is 0 Å². The van der Waals surface area contributed by atoms with Crippen molar-refractivity contribution in [2.45, 2.75) is 45.6 Å². The molecule has 6 nitrogen and oxygen atoms in total. The topological polar surface area (TPSA) is 78.9 Å². The van der Waals surface area contributed by atoms with E-state index in [9.17, 15) is 14.7 Å². The van der Waals surface area contributed by atoms with Gasteiger partial charge in [-0.05, 0) is 44.4 Å². The number of phenols is 1. The summed E-state index contributed by atoms with van der Waals surface area (Å²) >= 11 is 0. The van der Waals surface area contributed by atoms with Gasteiger partial charge >= 0.3 is 0 Å². The predicted octanol–water partition coefficient (Wildman–Crippen LogP) is 2.62. The second-order valence-corrected chi connectivity index (χ2v) is 6.58. The molecule has 2 unspecified atom stereocenters. The zero-order chi connectivity index (χ0) is 18.4. The maximum Gasteiger partial charge on any atom is 0.225 e. The summed E-state index contributed by atoms with van der Waals surface area (Å²) in [5.74, 6) is 0.590. The first-order valence-electron chi connectivity index (χ1n) is 8.91. The van der Waals surface area contributed by atoms with Gasteiger partial charge in [-0.2, -0.15) is 0 Å². The smallest absolute Gasteiger partial charge is 0.225 e. The number of likely N-dealkylation sites (tertiary alicyclic amines) is 1. The number of hydrogen-bond donors (Lipinski definition) is 2. The highest BCUT2D eigenvalue weighted by Gasteiger charge is 2.29. The van der Waals surface area contributed by atoms with E-state index in [4.69, 9.17) is 4.74 Å². The van der Waals surface area contributed by atoms with Crippen LogP contribution in [0.4, 0.5) is 0 Å². The van der Waals surface area contributed by atoms with E-state index in [0.29, 0.717) is 24.3 Å². The molecule has 1 aromatic rings. The molecule has 2 amide bonds. The first kappa shape index (κ1) is 19.1. The van der Waals surface area contributed by atoms with Crippen molar-refractivity contribution in [1.29, 1.82) is 0 Å². The Morgan fingerprint density at radius 1 is 1.44 bits per heavy atom. The van der Waals surface area contributed by atoms with Gasteiger partial charge in [-0.1, -0.05) is 6.92 Å². The Balaban J connectivity index is 2.00. The summed E-state index contributed by atoms with van der Waals surface area (Å²) in [7, 11) is 1.56. The third-order valence-corrected chi connectivity index (χ3v) is 4.67. The molecule has 0 bridgehead atoms. The van der Waals surface area contributed by atoms with Crippen molar-refractivity contribution in [1.82, 2.24) is 10.2 Å². The van der Waals surface area contributed by atoms with Gasteiger partial charge in [0.15, 0.2) is 0 Å². The Hall–Kier alpha value is -2.24. The molecule has 1 aromatic carbocycles. The molecular weight excluding hydrogens is 320 g/mol. The fraction of sp³-hybridized carbons (Fsp3) is 0.579. The number of amides is 2. The summed E-state index contributed by atoms with van der Waals surface area (Å²) in [4.78, 5) is 26.5. The SMILES string of the molecule is CCCC(=O)N1CCCC(C(=O)NC(C)c2cc(OC)ccc2O)C1. The Morgan fingerprint density at radius 2 is 2.20 bits per heavy atom. The first-order valence-corrected chi connectivity index (χ1v) is 8.91. The van der Waals surface area contributed by atoms with Crippen LogP contribution in [-0.2, 0) is 9.59 Å². The van der Waals surface area contributed by atoms with E-state index in [-0.39, 0.29) is 29.5 Å². The molecule has 2 rings (SSSR count). The fourth-order valence-electron chi connectivity index (χ4n) is 3.21. The van der Waals surface area contributed by atoms with E-state index in [1.54, 1.807) is 30.2 Å². The lowest BCUT2D eigenvalue weighted by atomic mass is 9.96. The molecule has 0 radical (unpaired) electrons. The fourth-order valence-corrected chi connectivity index (χ4v) is 3.21. The van der Waals surface area contributed by atoms with Crippen LogP contribution in [0.15, 0.2) is 18.2 Å². The number of ether oxygens (including phenoxy) is 1. The van der Waals surface area contributed by atoms with Gasteiger partial charge in [-0.25, -0.2) is 0 Å². The summed E-state index contributed by atoms with van der Waals surface area (Å²) < 4.78 is 5.18. The number of rotatable bonds is 6. The second kappa shape index (κ2) is 8.74. The Bertz CT molecular complexity index is 617. The van der Waals surface area contributed by atoms with Gasteiger partial charge < -0.3 is 20.1 Å². The normalized spacial score (nSPS) is 18.5. The standard InChI is InChI=1S/C19H28N2O4/c1-4-6-18(23)21-10-5-7-14(12-21)19(24)20-13(2)16-11-15(25-3)8-9-17(16)22/h8-9,11,13-14,22H,4-7,10,12H2,1-3H3,(H,20,24). The lowest BCUT2D eigenvalue weighted by Gasteiger charge is -2.32. The number of hydrogen-bond acceptors (Lipinski definition) is 4. The van der Waals surface area contributed by atoms with Crippen LogP contribution in [0.2, 0.25) is 0 Å². The molecule has 1 saturated heterocycles. The van der Waals surface area contributed by atoms with Gasteiger partial charge in [0.05, 0.1) is 19.1 Å². The minimum absolute atomic E-state index is 0.0799. The molecular formula is C19H28N2O4. The molecule has 0 aromatic heterocycles. The number of carbonyl (C=O) groups is 2. The Morgan fingerprint density at radius 3 is 2.88 bits per heavy atom. The predicted molar refractivity (Wildman–Crippen MR) is 95.4 cm³/mol. The quantitative estimate of drug-likeness (QED) is 0.828. The lowest BCUT2D eigenvalue weighted by Crippen LogP contribution is -2.45. The summed E-state index contributed by atoms with van der Waals surface area (Å²) in [6.07, 6.45) is 2.96. The van der Waals surface area contributed by atoms with Crippen LogP contribution in [0, 0.1) is 5.92 Å². The van der Waals surface area contributed by atoms with Crippen molar-refractivity contribution < 1.29 is 19.4 Å². The lowest BCUT2D eigenvalue weighted by molar-refractivity contribution is -0.135. The molecule has 1 fully saturated rings. The van der Waals surface area contributed by atoms with E-state index >= 15 is 0 Å². The number of piperidine rings is 1. The molecule has 0 spiro atoms. The molecule has 1 aliphatic rings. The molecule has 25 heavy (non-hydrogen) atoms. The number of nitrogens with zero attached hydrogens (tertiary/aromatic N) is 1. The molecule has 0 saturated carbocycles. The van der Waals surface area contributed by atoms with E-state index in [1.165, 1.54) is 0 Å². The van der Waals surface area contributed by atoms with Crippen molar-refractivity contribution in [3.8, 4) is 11.5 Å². The van der Waals surface area contributed by atoms with E-state index in [1.807, 2.05) is 13.8 Å². The Labute approximate surface area is 149 Å². The molecule has 0 aliphatic carbocycles. The van der Waals surface area contributed by atoms with Gasteiger partial charge in [0.1, 0.15) is 11.5 Å². The summed E-state index contributed by atoms with van der Waals surface area (Å²) in [5.41, 5.74) is 0.613. The van der Waals surface area contributed by atoms with Crippen molar-refractivity contribution in [2.24, 2.45) is 5.92 Å². The van der Waals surface area contributed by atoms with E-state index in [2.05, 4.69) is 5.32 Å². The molecule has 2 atom stereocenters. The van der Waals surface area contributed by atoms with Gasteiger partial charge in [0.25, 0.3) is 0 Å². The summed E-state index contributed by atoms with van der Waals surface area (Å²) in [5, 5.41) is 13.0. The molecule has 1 aliphatic heterocycles. The Kier molecular flexibility index (Phi) is 6.67. The maximum atomic E-state index is 12.6. The molecule has 6 heteroatoms. The number of carbonyl (C=O) groups excluding carboxylic acids is 2. The number of aromatic hydroxyl groups is 1.